The molecule has 0 N–H and O–H groups in total. The molecule has 2 aromatic heterocycles. The molecule has 1 amide bonds. The molecule has 1 aromatic carbocycles. The van der Waals surface area contributed by atoms with Crippen molar-refractivity contribution in [3.63, 3.8) is 0 Å². The lowest BCUT2D eigenvalue weighted by Crippen LogP contribution is -2.37. The van der Waals surface area contributed by atoms with Gasteiger partial charge in [-0.1, -0.05) is 24.3 Å². The van der Waals surface area contributed by atoms with Crippen LogP contribution in [0.3, 0.4) is 0 Å². The third-order valence-corrected chi connectivity index (χ3v) is 5.48. The lowest BCUT2D eigenvalue weighted by Gasteiger charge is -2.27. The van der Waals surface area contributed by atoms with Crippen LogP contribution >= 0.6 is 11.3 Å². The van der Waals surface area contributed by atoms with Crippen LogP contribution in [0, 0.1) is 0 Å². The van der Waals surface area contributed by atoms with Crippen molar-refractivity contribution in [2.75, 3.05) is 13.1 Å². The van der Waals surface area contributed by atoms with Crippen molar-refractivity contribution < 1.29 is 4.79 Å². The molecule has 0 spiro atoms. The Bertz CT molecular complexity index is 813. The van der Waals surface area contributed by atoms with E-state index in [0.717, 1.165) is 37.1 Å². The third kappa shape index (κ3) is 2.79. The lowest BCUT2D eigenvalue weighted by molar-refractivity contribution is -0.132. The quantitative estimate of drug-likeness (QED) is 0.702. The van der Waals surface area contributed by atoms with Crippen molar-refractivity contribution >= 4 is 28.1 Å². The number of carbonyl (C=O) groups is 1. The van der Waals surface area contributed by atoms with Gasteiger partial charge in [0.2, 0.25) is 5.91 Å². The summed E-state index contributed by atoms with van der Waals surface area (Å²) in [5.41, 5.74) is 2.29. The van der Waals surface area contributed by atoms with Gasteiger partial charge >= 0.3 is 0 Å². The largest absolute Gasteiger partial charge is 0.341 e. The SMILES string of the molecule is O=C(Cn1c(-c2cccs2)cc2ccccc21)N1CCCCC1. The number of nitrogens with zero attached hydrogens (tertiary/aromatic N) is 2. The first-order chi connectivity index (χ1) is 11.3. The molecule has 0 radical (unpaired) electrons. The number of aromatic nitrogens is 1. The Morgan fingerprint density at radius 2 is 1.87 bits per heavy atom. The summed E-state index contributed by atoms with van der Waals surface area (Å²) in [6, 6.07) is 14.7. The number of carbonyl (C=O) groups excluding carboxylic acids is 1. The van der Waals surface area contributed by atoms with Gasteiger partial charge in [-0.15, -0.1) is 11.3 Å². The molecule has 23 heavy (non-hydrogen) atoms. The van der Waals surface area contributed by atoms with E-state index in [1.807, 2.05) is 11.0 Å². The van der Waals surface area contributed by atoms with E-state index >= 15 is 0 Å². The number of rotatable bonds is 3. The average Bonchev–Trinajstić information content (AvgIpc) is 3.24. The Morgan fingerprint density at radius 1 is 1.04 bits per heavy atom. The molecule has 0 aliphatic carbocycles. The minimum Gasteiger partial charge on any atom is -0.341 e. The molecule has 1 aliphatic heterocycles. The van der Waals surface area contributed by atoms with Crippen LogP contribution in [-0.4, -0.2) is 28.5 Å². The van der Waals surface area contributed by atoms with Gasteiger partial charge in [0.15, 0.2) is 0 Å². The van der Waals surface area contributed by atoms with Gasteiger partial charge in [-0.3, -0.25) is 4.79 Å². The number of fused-ring (bicyclic) bond motifs is 1. The average molecular weight is 324 g/mol. The number of thiophene rings is 1. The van der Waals surface area contributed by atoms with Gasteiger partial charge in [-0.25, -0.2) is 0 Å². The summed E-state index contributed by atoms with van der Waals surface area (Å²) >= 11 is 1.72. The molecule has 3 heterocycles. The normalized spacial score (nSPS) is 15.2. The monoisotopic (exact) mass is 324 g/mol. The summed E-state index contributed by atoms with van der Waals surface area (Å²) in [6.45, 7) is 2.25. The van der Waals surface area contributed by atoms with Gasteiger partial charge in [-0.05, 0) is 42.8 Å². The van der Waals surface area contributed by atoms with E-state index in [1.165, 1.54) is 16.7 Å². The maximum atomic E-state index is 12.7. The van der Waals surface area contributed by atoms with Crippen molar-refractivity contribution in [1.29, 1.82) is 0 Å². The van der Waals surface area contributed by atoms with Crippen LogP contribution in [0.15, 0.2) is 47.8 Å². The van der Waals surface area contributed by atoms with E-state index in [1.54, 1.807) is 11.3 Å². The van der Waals surface area contributed by atoms with Crippen molar-refractivity contribution in [3.8, 4) is 10.6 Å². The number of hydrogen-bond acceptors (Lipinski definition) is 2. The maximum Gasteiger partial charge on any atom is 0.242 e. The number of para-hydroxylation sites is 1. The van der Waals surface area contributed by atoms with Crippen LogP contribution in [0.4, 0.5) is 0 Å². The van der Waals surface area contributed by atoms with Crippen molar-refractivity contribution in [2.45, 2.75) is 25.8 Å². The van der Waals surface area contributed by atoms with Gasteiger partial charge < -0.3 is 9.47 Å². The predicted octanol–water partition coefficient (Wildman–Crippen LogP) is 4.38. The number of likely N-dealkylation sites (tertiary alicyclic amines) is 1. The van der Waals surface area contributed by atoms with Crippen molar-refractivity contribution in [3.05, 3.63) is 47.8 Å². The van der Waals surface area contributed by atoms with Crippen molar-refractivity contribution in [2.24, 2.45) is 0 Å². The predicted molar refractivity (Wildman–Crippen MR) is 95.7 cm³/mol. The summed E-state index contributed by atoms with van der Waals surface area (Å²) in [4.78, 5) is 16.0. The third-order valence-electron chi connectivity index (χ3n) is 4.59. The van der Waals surface area contributed by atoms with E-state index in [2.05, 4.69) is 46.3 Å². The summed E-state index contributed by atoms with van der Waals surface area (Å²) in [7, 11) is 0. The lowest BCUT2D eigenvalue weighted by atomic mass is 10.1. The Hall–Kier alpha value is -2.07. The fourth-order valence-electron chi connectivity index (χ4n) is 3.39. The highest BCUT2D eigenvalue weighted by atomic mass is 32.1. The standard InChI is InChI=1S/C19H20N2OS/c22-19(20-10-4-1-5-11-20)14-21-16-8-3-2-7-15(16)13-17(21)18-9-6-12-23-18/h2-3,6-9,12-13H,1,4-5,10-11,14H2. The molecule has 3 nitrogen and oxygen atoms in total. The Morgan fingerprint density at radius 3 is 2.65 bits per heavy atom. The molecule has 118 valence electrons. The van der Waals surface area contributed by atoms with E-state index in [9.17, 15) is 4.79 Å². The van der Waals surface area contributed by atoms with E-state index in [0.29, 0.717) is 6.54 Å². The topological polar surface area (TPSA) is 25.2 Å². The van der Waals surface area contributed by atoms with Crippen LogP contribution in [0.1, 0.15) is 19.3 Å². The molecule has 3 aromatic rings. The molecule has 1 fully saturated rings. The Balaban J connectivity index is 1.72. The van der Waals surface area contributed by atoms with Crippen LogP contribution < -0.4 is 0 Å². The van der Waals surface area contributed by atoms with Gasteiger partial charge in [-0.2, -0.15) is 0 Å². The molecule has 1 saturated heterocycles. The molecule has 4 rings (SSSR count). The molecular weight excluding hydrogens is 304 g/mol. The second-order valence-corrected chi connectivity index (χ2v) is 7.04. The van der Waals surface area contributed by atoms with Crippen LogP contribution in [-0.2, 0) is 11.3 Å². The molecule has 0 unspecified atom stereocenters. The summed E-state index contributed by atoms with van der Waals surface area (Å²) in [5.74, 6) is 0.240. The van der Waals surface area contributed by atoms with Gasteiger partial charge in [0.25, 0.3) is 0 Å². The van der Waals surface area contributed by atoms with Gasteiger partial charge in [0.05, 0.1) is 10.6 Å². The second-order valence-electron chi connectivity index (χ2n) is 6.09. The zero-order chi connectivity index (χ0) is 15.6. The number of benzene rings is 1. The highest BCUT2D eigenvalue weighted by molar-refractivity contribution is 7.13. The summed E-state index contributed by atoms with van der Waals surface area (Å²) < 4.78 is 2.18. The number of amides is 1. The molecular formula is C19H20N2OS. The maximum absolute atomic E-state index is 12.7. The zero-order valence-electron chi connectivity index (χ0n) is 13.1. The molecule has 0 saturated carbocycles. The van der Waals surface area contributed by atoms with Gasteiger partial charge in [0.1, 0.15) is 6.54 Å². The molecule has 4 heteroatoms. The first-order valence-corrected chi connectivity index (χ1v) is 9.11. The van der Waals surface area contributed by atoms with Gasteiger partial charge in [0, 0.05) is 24.0 Å². The highest BCUT2D eigenvalue weighted by Gasteiger charge is 2.19. The molecule has 0 atom stereocenters. The van der Waals surface area contributed by atoms with Crippen LogP contribution in [0.2, 0.25) is 0 Å². The molecule has 0 bridgehead atoms. The number of hydrogen-bond donors (Lipinski definition) is 0. The smallest absolute Gasteiger partial charge is 0.242 e. The van der Waals surface area contributed by atoms with E-state index in [-0.39, 0.29) is 5.91 Å². The van der Waals surface area contributed by atoms with E-state index in [4.69, 9.17) is 0 Å². The first kappa shape index (κ1) is 14.5. The minimum absolute atomic E-state index is 0.240. The van der Waals surface area contributed by atoms with Crippen LogP contribution in [0.5, 0.6) is 0 Å². The second kappa shape index (κ2) is 6.20. The highest BCUT2D eigenvalue weighted by Crippen LogP contribution is 2.31. The van der Waals surface area contributed by atoms with E-state index < -0.39 is 0 Å². The minimum atomic E-state index is 0.240. The van der Waals surface area contributed by atoms with Crippen LogP contribution in [0.25, 0.3) is 21.5 Å². The molecule has 1 aliphatic rings. The Kier molecular flexibility index (Phi) is 3.92. The first-order valence-electron chi connectivity index (χ1n) is 8.23. The number of piperidine rings is 1. The fraction of sp³-hybridized carbons (Fsp3) is 0.316. The fourth-order valence-corrected chi connectivity index (χ4v) is 4.14. The Labute approximate surface area is 140 Å². The van der Waals surface area contributed by atoms with Crippen molar-refractivity contribution in [1.82, 2.24) is 9.47 Å². The zero-order valence-corrected chi connectivity index (χ0v) is 13.9. The summed E-state index contributed by atoms with van der Waals surface area (Å²) in [6.07, 6.45) is 3.52. The summed E-state index contributed by atoms with van der Waals surface area (Å²) in [5, 5.41) is 3.28.